The smallest absolute Gasteiger partial charge is 0.233 e. The molecule has 0 amide bonds. The molecule has 3 aromatic rings. The summed E-state index contributed by atoms with van der Waals surface area (Å²) < 4.78 is 0. The summed E-state index contributed by atoms with van der Waals surface area (Å²) in [6.45, 7) is 0. The third-order valence-corrected chi connectivity index (χ3v) is 4.02. The van der Waals surface area contributed by atoms with Gasteiger partial charge in [0.15, 0.2) is 0 Å². The van der Waals surface area contributed by atoms with Crippen LogP contribution in [0.3, 0.4) is 0 Å². The Hall–Kier alpha value is -3.14. The summed E-state index contributed by atoms with van der Waals surface area (Å²) >= 11 is 0. The lowest BCUT2D eigenvalue weighted by atomic mass is 9.90. The Kier molecular flexibility index (Phi) is 2.39. The largest absolute Gasteiger partial charge is 0.507 e. The van der Waals surface area contributed by atoms with E-state index in [9.17, 15) is 19.8 Å². The molecule has 0 aromatic heterocycles. The molecule has 0 unspecified atom stereocenters. The second-order valence-electron chi connectivity index (χ2n) is 5.25. The number of aromatic hydroxyl groups is 2. The van der Waals surface area contributed by atoms with Gasteiger partial charge in [-0.25, -0.2) is 0 Å². The van der Waals surface area contributed by atoms with Crippen molar-refractivity contribution in [3.05, 3.63) is 53.6 Å². The van der Waals surface area contributed by atoms with Crippen LogP contribution in [0.2, 0.25) is 0 Å². The molecule has 4 rings (SSSR count). The molecule has 3 aromatic carbocycles. The number of carbonyl (C=O) groups is 2. The molecule has 0 atom stereocenters. The zero-order valence-electron chi connectivity index (χ0n) is 11.3. The Bertz CT molecular complexity index is 1030. The summed E-state index contributed by atoms with van der Waals surface area (Å²) in [5.41, 5.74) is 0.798. The van der Waals surface area contributed by atoms with Crippen LogP contribution in [0.4, 0.5) is 0 Å². The zero-order chi connectivity index (χ0) is 15.4. The molecule has 0 saturated heterocycles. The first-order valence-electron chi connectivity index (χ1n) is 6.75. The highest BCUT2D eigenvalue weighted by atomic mass is 16.3. The van der Waals surface area contributed by atoms with Crippen LogP contribution in [-0.2, 0) is 4.79 Å². The molecule has 0 saturated carbocycles. The summed E-state index contributed by atoms with van der Waals surface area (Å²) in [5.74, 6) is -1.16. The molecular weight excluding hydrogens is 280 g/mol. The van der Waals surface area contributed by atoms with Crippen molar-refractivity contribution in [3.63, 3.8) is 0 Å². The van der Waals surface area contributed by atoms with E-state index in [0.717, 1.165) is 0 Å². The third kappa shape index (κ3) is 1.52. The molecule has 4 nitrogen and oxygen atoms in total. The molecule has 1 aliphatic carbocycles. The minimum absolute atomic E-state index is 0.0130. The van der Waals surface area contributed by atoms with Gasteiger partial charge in [-0.3, -0.25) is 9.59 Å². The minimum Gasteiger partial charge on any atom is -0.507 e. The number of rotatable bonds is 0. The van der Waals surface area contributed by atoms with Gasteiger partial charge in [-0.15, -0.1) is 0 Å². The highest BCUT2D eigenvalue weighted by Crippen LogP contribution is 2.42. The van der Waals surface area contributed by atoms with Crippen LogP contribution in [0, 0.1) is 0 Å². The zero-order valence-corrected chi connectivity index (χ0v) is 11.3. The molecule has 0 fully saturated rings. The molecular formula is C18H10O4. The monoisotopic (exact) mass is 290 g/mol. The van der Waals surface area contributed by atoms with Crippen molar-refractivity contribution in [3.8, 4) is 11.5 Å². The molecule has 1 aliphatic rings. The molecule has 0 bridgehead atoms. The van der Waals surface area contributed by atoms with E-state index in [1.165, 1.54) is 12.1 Å². The highest BCUT2D eigenvalue weighted by Gasteiger charge is 2.23. The van der Waals surface area contributed by atoms with Crippen molar-refractivity contribution in [1.82, 2.24) is 0 Å². The Balaban J connectivity index is 2.21. The number of fused-ring (bicyclic) bond motifs is 3. The molecule has 0 spiro atoms. The second-order valence-corrected chi connectivity index (χ2v) is 5.25. The van der Waals surface area contributed by atoms with Crippen LogP contribution in [0.5, 0.6) is 11.5 Å². The predicted molar refractivity (Wildman–Crippen MR) is 83.2 cm³/mol. The normalized spacial score (nSPS) is 13.8. The fourth-order valence-corrected chi connectivity index (χ4v) is 2.90. The van der Waals surface area contributed by atoms with E-state index < -0.39 is 11.6 Å². The molecule has 4 heteroatoms. The van der Waals surface area contributed by atoms with Crippen molar-refractivity contribution in [2.24, 2.45) is 0 Å². The lowest BCUT2D eigenvalue weighted by Gasteiger charge is -2.14. The quantitative estimate of drug-likeness (QED) is 0.379. The standard InChI is InChI=1S/C18H10O4/c19-15-6-5-9-7-13-14(8-12(9)18(15)22)17(21)11-4-2-1-3-10(11)16(13)20/h1-8,20-21H. The van der Waals surface area contributed by atoms with Crippen LogP contribution in [0.15, 0.2) is 42.5 Å². The van der Waals surface area contributed by atoms with Crippen molar-refractivity contribution < 1.29 is 19.8 Å². The van der Waals surface area contributed by atoms with Crippen molar-refractivity contribution >= 4 is 39.2 Å². The van der Waals surface area contributed by atoms with Crippen LogP contribution < -0.4 is 0 Å². The lowest BCUT2D eigenvalue weighted by Crippen LogP contribution is -2.16. The van der Waals surface area contributed by atoms with Gasteiger partial charge in [-0.05, 0) is 23.8 Å². The van der Waals surface area contributed by atoms with Crippen molar-refractivity contribution in [1.29, 1.82) is 0 Å². The second kappa shape index (κ2) is 4.18. The SMILES string of the molecule is O=C1C=Cc2cc3c(O)c4ccccc4c(O)c3cc2C1=O. The van der Waals surface area contributed by atoms with Gasteiger partial charge in [0.05, 0.1) is 0 Å². The number of ketones is 2. The van der Waals surface area contributed by atoms with Gasteiger partial charge in [0, 0.05) is 27.1 Å². The van der Waals surface area contributed by atoms with Crippen LogP contribution >= 0.6 is 0 Å². The third-order valence-electron chi connectivity index (χ3n) is 4.02. The van der Waals surface area contributed by atoms with E-state index in [-0.39, 0.29) is 17.1 Å². The van der Waals surface area contributed by atoms with E-state index >= 15 is 0 Å². The fourth-order valence-electron chi connectivity index (χ4n) is 2.90. The Morgan fingerprint density at radius 3 is 1.95 bits per heavy atom. The molecule has 0 heterocycles. The minimum atomic E-state index is -0.605. The number of Topliss-reactive ketones (excluding diaryl/α,β-unsaturated/α-hetero) is 1. The van der Waals surface area contributed by atoms with Gasteiger partial charge in [0.1, 0.15) is 11.5 Å². The van der Waals surface area contributed by atoms with Crippen molar-refractivity contribution in [2.75, 3.05) is 0 Å². The van der Waals surface area contributed by atoms with E-state index in [1.54, 1.807) is 36.4 Å². The Labute approximate surface area is 124 Å². The Morgan fingerprint density at radius 2 is 1.32 bits per heavy atom. The summed E-state index contributed by atoms with van der Waals surface area (Å²) in [5, 5.41) is 22.8. The number of allylic oxidation sites excluding steroid dienone is 1. The first-order chi connectivity index (χ1) is 10.6. The molecule has 22 heavy (non-hydrogen) atoms. The summed E-state index contributed by atoms with van der Waals surface area (Å²) in [4.78, 5) is 23.5. The van der Waals surface area contributed by atoms with E-state index in [2.05, 4.69) is 0 Å². The maximum atomic E-state index is 12.0. The number of phenols is 2. The maximum Gasteiger partial charge on any atom is 0.233 e. The van der Waals surface area contributed by atoms with Crippen LogP contribution in [-0.4, -0.2) is 21.8 Å². The van der Waals surface area contributed by atoms with Gasteiger partial charge >= 0.3 is 0 Å². The molecule has 0 aliphatic heterocycles. The summed E-state index contributed by atoms with van der Waals surface area (Å²) in [6.07, 6.45) is 2.76. The Morgan fingerprint density at radius 1 is 0.727 bits per heavy atom. The van der Waals surface area contributed by atoms with Gasteiger partial charge in [0.25, 0.3) is 0 Å². The van der Waals surface area contributed by atoms with E-state index in [0.29, 0.717) is 27.1 Å². The molecule has 0 radical (unpaired) electrons. The van der Waals surface area contributed by atoms with E-state index in [4.69, 9.17) is 0 Å². The average Bonchev–Trinajstić information content (AvgIpc) is 2.55. The number of carbonyl (C=O) groups excluding carboxylic acids is 2. The first-order valence-corrected chi connectivity index (χ1v) is 6.75. The number of phenolic OH excluding ortho intramolecular Hbond substituents is 2. The number of benzene rings is 3. The average molecular weight is 290 g/mol. The van der Waals surface area contributed by atoms with E-state index in [1.807, 2.05) is 0 Å². The summed E-state index contributed by atoms with van der Waals surface area (Å²) in [7, 11) is 0. The fraction of sp³-hybridized carbons (Fsp3) is 0. The topological polar surface area (TPSA) is 74.6 Å². The van der Waals surface area contributed by atoms with Crippen molar-refractivity contribution in [2.45, 2.75) is 0 Å². The van der Waals surface area contributed by atoms with Crippen LogP contribution in [0.25, 0.3) is 27.6 Å². The highest BCUT2D eigenvalue weighted by molar-refractivity contribution is 6.50. The molecule has 106 valence electrons. The molecule has 2 N–H and O–H groups in total. The van der Waals surface area contributed by atoms with Gasteiger partial charge < -0.3 is 10.2 Å². The van der Waals surface area contributed by atoms with Gasteiger partial charge in [-0.1, -0.05) is 30.3 Å². The predicted octanol–water partition coefficient (Wildman–Crippen LogP) is 3.18. The number of hydrogen-bond donors (Lipinski definition) is 2. The number of hydrogen-bond acceptors (Lipinski definition) is 4. The van der Waals surface area contributed by atoms with Crippen LogP contribution in [0.1, 0.15) is 15.9 Å². The maximum absolute atomic E-state index is 12.0. The van der Waals surface area contributed by atoms with Gasteiger partial charge in [0.2, 0.25) is 11.6 Å². The summed E-state index contributed by atoms with van der Waals surface area (Å²) in [6, 6.07) is 10.0. The van der Waals surface area contributed by atoms with Gasteiger partial charge in [-0.2, -0.15) is 0 Å². The first kappa shape index (κ1) is 12.6. The lowest BCUT2D eigenvalue weighted by molar-refractivity contribution is -0.110.